The lowest BCUT2D eigenvalue weighted by Crippen LogP contribution is -2.31. The van der Waals surface area contributed by atoms with Crippen LogP contribution in [0.15, 0.2) is 23.2 Å². The first-order valence-corrected chi connectivity index (χ1v) is 9.11. The number of benzene rings is 1. The molecule has 2 N–H and O–H groups in total. The number of hydrogen-bond donors (Lipinski definition) is 2. The van der Waals surface area contributed by atoms with Crippen molar-refractivity contribution in [3.8, 4) is 5.88 Å². The number of aryl methyl sites for hydroxylation is 1. The van der Waals surface area contributed by atoms with Crippen molar-refractivity contribution in [1.29, 1.82) is 0 Å². The lowest BCUT2D eigenvalue weighted by molar-refractivity contribution is -0.167. The molecule has 12 heteroatoms. The van der Waals surface area contributed by atoms with Crippen LogP contribution in [0.4, 0.5) is 18.9 Å². The van der Waals surface area contributed by atoms with Crippen molar-refractivity contribution in [2.24, 2.45) is 7.05 Å². The maximum atomic E-state index is 12.6. The summed E-state index contributed by atoms with van der Waals surface area (Å²) in [7, 11) is -2.66. The Balaban J connectivity index is 2.66. The summed E-state index contributed by atoms with van der Waals surface area (Å²) in [4.78, 5) is 23.3. The molecule has 0 saturated carbocycles. The topological polar surface area (TPSA) is 118 Å². The van der Waals surface area contributed by atoms with Crippen LogP contribution in [0, 0.1) is 6.92 Å². The number of nitrogens with one attached hydrogen (secondary N) is 1. The SMILES string of the molecule is Cc1c(C(=O)c2cnn(C)c2O)ccc(S(C)(=O)=O)c1NC(=O)C(F)(F)F. The number of carbonyl (C=O) groups excluding carboxylic acids is 2. The highest BCUT2D eigenvalue weighted by Crippen LogP contribution is 2.32. The number of anilines is 1. The molecule has 0 bridgehead atoms. The Labute approximate surface area is 151 Å². The minimum absolute atomic E-state index is 0.205. The summed E-state index contributed by atoms with van der Waals surface area (Å²) in [6, 6.07) is 2.00. The zero-order chi connectivity index (χ0) is 20.7. The Kier molecular flexibility index (Phi) is 5.06. The van der Waals surface area contributed by atoms with E-state index in [1.807, 2.05) is 0 Å². The van der Waals surface area contributed by atoms with Crippen molar-refractivity contribution in [2.75, 3.05) is 11.6 Å². The van der Waals surface area contributed by atoms with E-state index in [2.05, 4.69) is 5.10 Å². The van der Waals surface area contributed by atoms with E-state index in [1.54, 1.807) is 0 Å². The number of halogens is 3. The summed E-state index contributed by atoms with van der Waals surface area (Å²) < 4.78 is 62.6. The van der Waals surface area contributed by atoms with Crippen LogP contribution >= 0.6 is 0 Å². The van der Waals surface area contributed by atoms with Crippen molar-refractivity contribution in [3.05, 3.63) is 35.0 Å². The van der Waals surface area contributed by atoms with Gasteiger partial charge in [-0.3, -0.25) is 9.59 Å². The summed E-state index contributed by atoms with van der Waals surface area (Å²) in [5.41, 5.74) is -1.30. The van der Waals surface area contributed by atoms with Gasteiger partial charge < -0.3 is 10.4 Å². The van der Waals surface area contributed by atoms with E-state index in [9.17, 15) is 36.3 Å². The number of nitrogens with zero attached hydrogens (tertiary/aromatic N) is 2. The highest BCUT2D eigenvalue weighted by molar-refractivity contribution is 7.90. The Morgan fingerprint density at radius 2 is 1.81 bits per heavy atom. The number of amides is 1. The molecule has 27 heavy (non-hydrogen) atoms. The quantitative estimate of drug-likeness (QED) is 0.746. The number of alkyl halides is 3. The fraction of sp³-hybridized carbons (Fsp3) is 0.267. The van der Waals surface area contributed by atoms with E-state index in [-0.39, 0.29) is 16.7 Å². The molecule has 0 spiro atoms. The molecule has 2 rings (SSSR count). The number of sulfone groups is 1. The van der Waals surface area contributed by atoms with Gasteiger partial charge in [-0.05, 0) is 24.6 Å². The van der Waals surface area contributed by atoms with Crippen LogP contribution in [0.3, 0.4) is 0 Å². The number of carbonyl (C=O) groups is 2. The Morgan fingerprint density at radius 3 is 2.26 bits per heavy atom. The Morgan fingerprint density at radius 1 is 1.22 bits per heavy atom. The van der Waals surface area contributed by atoms with Gasteiger partial charge in [-0.25, -0.2) is 13.1 Å². The average molecular weight is 405 g/mol. The molecule has 0 saturated heterocycles. The predicted molar refractivity (Wildman–Crippen MR) is 87.3 cm³/mol. The van der Waals surface area contributed by atoms with E-state index < -0.39 is 44.2 Å². The number of hydrogen-bond acceptors (Lipinski definition) is 6. The number of aromatic nitrogens is 2. The molecule has 0 aliphatic carbocycles. The molecular formula is C15H14F3N3O5S. The van der Waals surface area contributed by atoms with Crippen LogP contribution in [0.25, 0.3) is 0 Å². The van der Waals surface area contributed by atoms with Crippen LogP contribution in [-0.4, -0.2) is 47.4 Å². The monoisotopic (exact) mass is 405 g/mol. The van der Waals surface area contributed by atoms with Crippen molar-refractivity contribution >= 4 is 27.2 Å². The van der Waals surface area contributed by atoms with Crippen molar-refractivity contribution in [2.45, 2.75) is 18.0 Å². The lowest BCUT2D eigenvalue weighted by Gasteiger charge is -2.16. The molecule has 1 aromatic heterocycles. The van der Waals surface area contributed by atoms with Gasteiger partial charge in [0, 0.05) is 18.9 Å². The van der Waals surface area contributed by atoms with Crippen LogP contribution in [0.2, 0.25) is 0 Å². The van der Waals surface area contributed by atoms with Crippen LogP contribution in [0.1, 0.15) is 21.5 Å². The molecule has 1 amide bonds. The lowest BCUT2D eigenvalue weighted by atomic mass is 9.99. The maximum Gasteiger partial charge on any atom is 0.471 e. The summed E-state index contributed by atoms with van der Waals surface area (Å²) in [5, 5.41) is 15.0. The molecule has 0 unspecified atom stereocenters. The Bertz CT molecular complexity index is 1040. The second-order valence-corrected chi connectivity index (χ2v) is 7.65. The molecule has 0 aliphatic rings. The fourth-order valence-electron chi connectivity index (χ4n) is 2.32. The summed E-state index contributed by atoms with van der Waals surface area (Å²) >= 11 is 0. The highest BCUT2D eigenvalue weighted by Gasteiger charge is 2.40. The maximum absolute atomic E-state index is 12.6. The first kappa shape index (κ1) is 20.4. The summed E-state index contributed by atoms with van der Waals surface area (Å²) in [5.74, 6) is -3.67. The van der Waals surface area contributed by atoms with Gasteiger partial charge in [0.05, 0.1) is 16.8 Å². The number of aromatic hydroxyl groups is 1. The van der Waals surface area contributed by atoms with Gasteiger partial charge in [-0.15, -0.1) is 0 Å². The molecule has 1 heterocycles. The van der Waals surface area contributed by atoms with Gasteiger partial charge in [0.1, 0.15) is 5.56 Å². The minimum atomic E-state index is -5.26. The van der Waals surface area contributed by atoms with Crippen molar-refractivity contribution in [1.82, 2.24) is 9.78 Å². The largest absolute Gasteiger partial charge is 0.493 e. The van der Waals surface area contributed by atoms with Gasteiger partial charge >= 0.3 is 12.1 Å². The molecule has 0 atom stereocenters. The molecule has 1 aromatic carbocycles. The third-order valence-electron chi connectivity index (χ3n) is 3.72. The van der Waals surface area contributed by atoms with E-state index in [1.165, 1.54) is 19.3 Å². The zero-order valence-electron chi connectivity index (χ0n) is 14.2. The Hall–Kier alpha value is -2.89. The zero-order valence-corrected chi connectivity index (χ0v) is 15.1. The van der Waals surface area contributed by atoms with Gasteiger partial charge in [0.15, 0.2) is 15.6 Å². The summed E-state index contributed by atoms with van der Waals surface area (Å²) in [6.45, 7) is 1.18. The van der Waals surface area contributed by atoms with E-state index in [0.29, 0.717) is 0 Å². The van der Waals surface area contributed by atoms with Crippen molar-refractivity contribution < 1.29 is 36.3 Å². The average Bonchev–Trinajstić information content (AvgIpc) is 2.86. The minimum Gasteiger partial charge on any atom is -0.493 e. The summed E-state index contributed by atoms with van der Waals surface area (Å²) in [6.07, 6.45) is -3.46. The second-order valence-electron chi connectivity index (χ2n) is 5.67. The standard InChI is InChI=1S/C15H14F3N3O5S/c1-7-8(12(22)9-6-19-21(2)13(9)23)4-5-10(27(3,25)26)11(7)20-14(24)15(16,17)18/h4-6,23H,1-3H3,(H,20,24). The first-order chi connectivity index (χ1) is 12.2. The molecule has 146 valence electrons. The smallest absolute Gasteiger partial charge is 0.471 e. The van der Waals surface area contributed by atoms with Crippen LogP contribution < -0.4 is 5.32 Å². The van der Waals surface area contributed by atoms with E-state index in [4.69, 9.17) is 0 Å². The molecule has 2 aromatic rings. The van der Waals surface area contributed by atoms with E-state index in [0.717, 1.165) is 29.3 Å². The van der Waals surface area contributed by atoms with Gasteiger partial charge in [-0.1, -0.05) is 0 Å². The van der Waals surface area contributed by atoms with Crippen LogP contribution in [-0.2, 0) is 21.7 Å². The van der Waals surface area contributed by atoms with Crippen molar-refractivity contribution in [3.63, 3.8) is 0 Å². The normalized spacial score (nSPS) is 12.1. The fourth-order valence-corrected chi connectivity index (χ4v) is 3.21. The number of rotatable bonds is 4. The van der Waals surface area contributed by atoms with Gasteiger partial charge in [0.2, 0.25) is 5.88 Å². The molecule has 0 fully saturated rings. The first-order valence-electron chi connectivity index (χ1n) is 7.22. The van der Waals surface area contributed by atoms with E-state index >= 15 is 0 Å². The molecule has 0 radical (unpaired) electrons. The molecule has 0 aliphatic heterocycles. The third-order valence-corrected chi connectivity index (χ3v) is 4.86. The van der Waals surface area contributed by atoms with Gasteiger partial charge in [-0.2, -0.15) is 18.3 Å². The predicted octanol–water partition coefficient (Wildman–Crippen LogP) is 1.57. The third kappa shape index (κ3) is 3.94. The van der Waals surface area contributed by atoms with Crippen LogP contribution in [0.5, 0.6) is 5.88 Å². The second kappa shape index (κ2) is 6.68. The number of ketones is 1. The van der Waals surface area contributed by atoms with Gasteiger partial charge in [0.25, 0.3) is 0 Å². The molecular weight excluding hydrogens is 391 g/mol. The molecule has 8 nitrogen and oxygen atoms in total. The highest BCUT2D eigenvalue weighted by atomic mass is 32.2.